The Morgan fingerprint density at radius 2 is 1.33 bits per heavy atom. The highest BCUT2D eigenvalue weighted by molar-refractivity contribution is 5.74. The summed E-state index contributed by atoms with van der Waals surface area (Å²) in [5.74, 6) is 0. The summed E-state index contributed by atoms with van der Waals surface area (Å²) in [6.07, 6.45) is 5.96. The lowest BCUT2D eigenvalue weighted by atomic mass is 9.96. The Bertz CT molecular complexity index is 579. The van der Waals surface area contributed by atoms with Crippen molar-refractivity contribution in [3.63, 3.8) is 0 Å². The van der Waals surface area contributed by atoms with E-state index in [4.69, 9.17) is 0 Å². The molecular formula is C21H26N2O. The van der Waals surface area contributed by atoms with E-state index < -0.39 is 0 Å². The highest BCUT2D eigenvalue weighted by atomic mass is 16.2. The average Bonchev–Trinajstić information content (AvgIpc) is 2.64. The summed E-state index contributed by atoms with van der Waals surface area (Å²) < 4.78 is 0. The zero-order chi connectivity index (χ0) is 16.6. The van der Waals surface area contributed by atoms with Crippen LogP contribution in [0.2, 0.25) is 0 Å². The molecule has 0 heterocycles. The summed E-state index contributed by atoms with van der Waals surface area (Å²) in [5, 5.41) is 3.25. The van der Waals surface area contributed by atoms with Crippen LogP contribution in [-0.2, 0) is 13.1 Å². The van der Waals surface area contributed by atoms with Crippen molar-refractivity contribution in [2.45, 2.75) is 51.2 Å². The molecule has 2 amide bonds. The molecule has 1 aliphatic rings. The van der Waals surface area contributed by atoms with Gasteiger partial charge in [0.15, 0.2) is 0 Å². The molecule has 0 spiro atoms. The number of amides is 2. The topological polar surface area (TPSA) is 32.3 Å². The molecule has 0 radical (unpaired) electrons. The van der Waals surface area contributed by atoms with Crippen molar-refractivity contribution in [1.29, 1.82) is 0 Å². The Balaban J connectivity index is 1.69. The Kier molecular flexibility index (Phi) is 5.89. The monoisotopic (exact) mass is 322 g/mol. The predicted octanol–water partition coefficient (Wildman–Crippen LogP) is 4.73. The maximum Gasteiger partial charge on any atom is 0.318 e. The van der Waals surface area contributed by atoms with Crippen LogP contribution in [0.15, 0.2) is 60.7 Å². The van der Waals surface area contributed by atoms with Crippen LogP contribution in [0.1, 0.15) is 43.2 Å². The molecule has 2 aromatic rings. The van der Waals surface area contributed by atoms with E-state index in [2.05, 4.69) is 29.6 Å². The fourth-order valence-corrected chi connectivity index (χ4v) is 3.32. The van der Waals surface area contributed by atoms with E-state index in [0.717, 1.165) is 24.0 Å². The molecule has 24 heavy (non-hydrogen) atoms. The van der Waals surface area contributed by atoms with E-state index in [1.807, 2.05) is 41.3 Å². The van der Waals surface area contributed by atoms with E-state index in [0.29, 0.717) is 19.1 Å². The van der Waals surface area contributed by atoms with Gasteiger partial charge in [0.1, 0.15) is 0 Å². The van der Waals surface area contributed by atoms with E-state index in [1.54, 1.807) is 0 Å². The first-order valence-corrected chi connectivity index (χ1v) is 8.94. The van der Waals surface area contributed by atoms with E-state index in [1.165, 1.54) is 19.3 Å². The average molecular weight is 322 g/mol. The fraction of sp³-hybridized carbons (Fsp3) is 0.381. The first-order chi connectivity index (χ1) is 11.8. The molecule has 2 aromatic carbocycles. The molecule has 0 bridgehead atoms. The van der Waals surface area contributed by atoms with Gasteiger partial charge in [-0.2, -0.15) is 0 Å². The molecule has 0 saturated heterocycles. The lowest BCUT2D eigenvalue weighted by Crippen LogP contribution is -2.44. The lowest BCUT2D eigenvalue weighted by molar-refractivity contribution is 0.184. The largest absolute Gasteiger partial charge is 0.335 e. The number of nitrogens with one attached hydrogen (secondary N) is 1. The first-order valence-electron chi connectivity index (χ1n) is 8.94. The van der Waals surface area contributed by atoms with Gasteiger partial charge in [0, 0.05) is 19.1 Å². The summed E-state index contributed by atoms with van der Waals surface area (Å²) in [7, 11) is 0. The minimum absolute atomic E-state index is 0.0506. The third-order valence-electron chi connectivity index (χ3n) is 4.65. The van der Waals surface area contributed by atoms with Crippen molar-refractivity contribution in [3.05, 3.63) is 71.8 Å². The molecule has 0 unspecified atom stereocenters. The van der Waals surface area contributed by atoms with Crippen molar-refractivity contribution < 1.29 is 4.79 Å². The van der Waals surface area contributed by atoms with Gasteiger partial charge in [-0.25, -0.2) is 4.79 Å². The molecule has 0 aliphatic heterocycles. The summed E-state index contributed by atoms with van der Waals surface area (Å²) >= 11 is 0. The molecule has 126 valence electrons. The van der Waals surface area contributed by atoms with Gasteiger partial charge in [0.25, 0.3) is 0 Å². The van der Waals surface area contributed by atoms with Crippen molar-refractivity contribution in [2.75, 3.05) is 0 Å². The van der Waals surface area contributed by atoms with Gasteiger partial charge in [-0.1, -0.05) is 79.9 Å². The second kappa shape index (κ2) is 8.53. The zero-order valence-corrected chi connectivity index (χ0v) is 14.2. The van der Waals surface area contributed by atoms with Crippen LogP contribution < -0.4 is 5.32 Å². The minimum atomic E-state index is 0.0506. The van der Waals surface area contributed by atoms with Gasteiger partial charge < -0.3 is 10.2 Å². The van der Waals surface area contributed by atoms with Crippen LogP contribution >= 0.6 is 0 Å². The van der Waals surface area contributed by atoms with Gasteiger partial charge in [0.05, 0.1) is 0 Å². The van der Waals surface area contributed by atoms with Crippen molar-refractivity contribution in [1.82, 2.24) is 10.2 Å². The minimum Gasteiger partial charge on any atom is -0.335 e. The number of nitrogens with zero attached hydrogens (tertiary/aromatic N) is 1. The molecule has 1 N–H and O–H groups in total. The maximum atomic E-state index is 12.8. The van der Waals surface area contributed by atoms with Crippen molar-refractivity contribution in [3.8, 4) is 0 Å². The van der Waals surface area contributed by atoms with Gasteiger partial charge in [-0.15, -0.1) is 0 Å². The van der Waals surface area contributed by atoms with Gasteiger partial charge >= 0.3 is 6.03 Å². The van der Waals surface area contributed by atoms with Crippen LogP contribution in [0.3, 0.4) is 0 Å². The van der Waals surface area contributed by atoms with Crippen LogP contribution in [0.4, 0.5) is 4.79 Å². The molecule has 3 nitrogen and oxygen atoms in total. The van der Waals surface area contributed by atoms with Crippen LogP contribution in [0.25, 0.3) is 0 Å². The first kappa shape index (κ1) is 16.6. The number of benzene rings is 2. The summed E-state index contributed by atoms with van der Waals surface area (Å²) in [6, 6.07) is 20.8. The number of urea groups is 1. The molecule has 0 atom stereocenters. The molecule has 1 fully saturated rings. The quantitative estimate of drug-likeness (QED) is 0.848. The summed E-state index contributed by atoms with van der Waals surface area (Å²) in [5.41, 5.74) is 2.32. The van der Waals surface area contributed by atoms with Gasteiger partial charge in [-0.3, -0.25) is 0 Å². The Labute approximate surface area is 144 Å². The second-order valence-corrected chi connectivity index (χ2v) is 6.61. The van der Waals surface area contributed by atoms with Crippen molar-refractivity contribution >= 4 is 6.03 Å². The fourth-order valence-electron chi connectivity index (χ4n) is 3.32. The van der Waals surface area contributed by atoms with E-state index >= 15 is 0 Å². The number of carbonyl (C=O) groups is 1. The standard InChI is InChI=1S/C21H26N2O/c24-21(22-20-14-8-3-9-15-20)23(16-18-10-4-1-5-11-18)17-19-12-6-2-7-13-19/h1-2,4-7,10-13,20H,3,8-9,14-17H2,(H,22,24). The lowest BCUT2D eigenvalue weighted by Gasteiger charge is -2.28. The highest BCUT2D eigenvalue weighted by Crippen LogP contribution is 2.18. The van der Waals surface area contributed by atoms with Crippen LogP contribution in [-0.4, -0.2) is 17.0 Å². The molecular weight excluding hydrogens is 296 g/mol. The smallest absolute Gasteiger partial charge is 0.318 e. The molecule has 1 aliphatic carbocycles. The van der Waals surface area contributed by atoms with Gasteiger partial charge in [-0.05, 0) is 24.0 Å². The zero-order valence-electron chi connectivity index (χ0n) is 14.2. The summed E-state index contributed by atoms with van der Waals surface area (Å²) in [6.45, 7) is 1.27. The third-order valence-corrected chi connectivity index (χ3v) is 4.65. The van der Waals surface area contributed by atoms with Gasteiger partial charge in [0.2, 0.25) is 0 Å². The predicted molar refractivity (Wildman–Crippen MR) is 97.5 cm³/mol. The molecule has 1 saturated carbocycles. The number of carbonyl (C=O) groups excluding carboxylic acids is 1. The Hall–Kier alpha value is -2.29. The second-order valence-electron chi connectivity index (χ2n) is 6.61. The maximum absolute atomic E-state index is 12.8. The third kappa shape index (κ3) is 4.85. The normalized spacial score (nSPS) is 15.0. The molecule has 3 heteroatoms. The summed E-state index contributed by atoms with van der Waals surface area (Å²) in [4.78, 5) is 14.8. The SMILES string of the molecule is O=C(NC1CCCCC1)N(Cc1ccccc1)Cc1ccccc1. The number of hydrogen-bond donors (Lipinski definition) is 1. The Morgan fingerprint density at radius 1 is 0.833 bits per heavy atom. The number of rotatable bonds is 5. The van der Waals surface area contributed by atoms with Crippen LogP contribution in [0, 0.1) is 0 Å². The molecule has 3 rings (SSSR count). The highest BCUT2D eigenvalue weighted by Gasteiger charge is 2.20. The van der Waals surface area contributed by atoms with Crippen LogP contribution in [0.5, 0.6) is 0 Å². The van der Waals surface area contributed by atoms with Crippen molar-refractivity contribution in [2.24, 2.45) is 0 Å². The molecule has 0 aromatic heterocycles. The van der Waals surface area contributed by atoms with E-state index in [9.17, 15) is 4.79 Å². The Morgan fingerprint density at radius 3 is 1.83 bits per heavy atom. The van der Waals surface area contributed by atoms with E-state index in [-0.39, 0.29) is 6.03 Å². The number of hydrogen-bond acceptors (Lipinski definition) is 1.